The van der Waals surface area contributed by atoms with Gasteiger partial charge in [-0.15, -0.1) is 0 Å². The summed E-state index contributed by atoms with van der Waals surface area (Å²) in [6.07, 6.45) is 4.59. The molecule has 0 spiro atoms. The predicted octanol–water partition coefficient (Wildman–Crippen LogP) is 5.24. The fraction of sp³-hybridized carbons (Fsp3) is 0.360. The van der Waals surface area contributed by atoms with E-state index in [4.69, 9.17) is 4.42 Å². The molecule has 7 nitrogen and oxygen atoms in total. The average Bonchev–Trinajstić information content (AvgIpc) is 3.45. The molecule has 0 aliphatic carbocycles. The van der Waals surface area contributed by atoms with Crippen molar-refractivity contribution < 1.29 is 18.4 Å². The molecule has 0 aliphatic heterocycles. The smallest absolute Gasteiger partial charge is 0.322 e. The van der Waals surface area contributed by atoms with Gasteiger partial charge in [0, 0.05) is 25.0 Å². The highest BCUT2D eigenvalue weighted by molar-refractivity contribution is 5.91. The van der Waals surface area contributed by atoms with Crippen molar-refractivity contribution in [2.45, 2.75) is 46.2 Å². The van der Waals surface area contributed by atoms with Crippen LogP contribution in [0.25, 0.3) is 0 Å². The Balaban J connectivity index is 1.65. The monoisotopic (exact) mass is 454 g/mol. The van der Waals surface area contributed by atoms with Crippen molar-refractivity contribution in [2.24, 2.45) is 0 Å². The Hall–Kier alpha value is -3.55. The van der Waals surface area contributed by atoms with Gasteiger partial charge in [-0.1, -0.05) is 32.4 Å². The number of rotatable bonds is 11. The molecule has 0 atom stereocenters. The van der Waals surface area contributed by atoms with E-state index in [2.05, 4.69) is 17.6 Å². The molecule has 0 aliphatic rings. The molecule has 2 N–H and O–H groups in total. The number of para-hydroxylation sites is 1. The first kappa shape index (κ1) is 24.1. The van der Waals surface area contributed by atoms with Crippen LogP contribution in [-0.4, -0.2) is 34.5 Å². The molecule has 2 aromatic heterocycles. The number of unbranched alkanes of at least 4 members (excludes halogenated alkanes) is 1. The zero-order chi connectivity index (χ0) is 23.6. The third kappa shape index (κ3) is 6.71. The third-order valence-electron chi connectivity index (χ3n) is 5.20. The minimum Gasteiger partial charge on any atom is -0.454 e. The molecule has 3 amide bonds. The Morgan fingerprint density at radius 2 is 1.88 bits per heavy atom. The number of urea groups is 1. The van der Waals surface area contributed by atoms with Crippen molar-refractivity contribution in [3.63, 3.8) is 0 Å². The van der Waals surface area contributed by atoms with Crippen LogP contribution in [0.1, 0.15) is 55.1 Å². The molecule has 0 bridgehead atoms. The number of halogens is 1. The maximum atomic E-state index is 14.0. The van der Waals surface area contributed by atoms with Crippen LogP contribution in [-0.2, 0) is 13.1 Å². The summed E-state index contributed by atoms with van der Waals surface area (Å²) >= 11 is 0. The van der Waals surface area contributed by atoms with Crippen LogP contribution in [0.15, 0.2) is 59.1 Å². The molecule has 0 unspecified atom stereocenters. The summed E-state index contributed by atoms with van der Waals surface area (Å²) in [7, 11) is 0. The van der Waals surface area contributed by atoms with E-state index in [1.165, 1.54) is 12.1 Å². The quantitative estimate of drug-likeness (QED) is 0.389. The molecule has 3 aromatic rings. The van der Waals surface area contributed by atoms with Crippen molar-refractivity contribution in [3.05, 3.63) is 77.8 Å². The first-order valence-electron chi connectivity index (χ1n) is 11.3. The Bertz CT molecular complexity index is 1060. The number of hydrogen-bond acceptors (Lipinski definition) is 3. The Kier molecular flexibility index (Phi) is 8.69. The van der Waals surface area contributed by atoms with Crippen LogP contribution < -0.4 is 10.6 Å². The van der Waals surface area contributed by atoms with E-state index in [0.29, 0.717) is 31.9 Å². The minimum absolute atomic E-state index is 0.152. The number of benzene rings is 1. The first-order chi connectivity index (χ1) is 16.0. The molecule has 3 rings (SSSR count). The second-order valence-electron chi connectivity index (χ2n) is 7.83. The van der Waals surface area contributed by atoms with E-state index < -0.39 is 5.82 Å². The molecule has 0 saturated carbocycles. The summed E-state index contributed by atoms with van der Waals surface area (Å²) in [6, 6.07) is 13.0. The van der Waals surface area contributed by atoms with E-state index >= 15 is 0 Å². The number of furan rings is 1. The van der Waals surface area contributed by atoms with Gasteiger partial charge >= 0.3 is 6.03 Å². The number of carbonyl (C=O) groups excluding carboxylic acids is 2. The topological polar surface area (TPSA) is 79.5 Å². The van der Waals surface area contributed by atoms with Crippen LogP contribution >= 0.6 is 0 Å². The number of aromatic nitrogens is 1. The largest absolute Gasteiger partial charge is 0.454 e. The lowest BCUT2D eigenvalue weighted by atomic mass is 10.3. The highest BCUT2D eigenvalue weighted by atomic mass is 19.1. The van der Waals surface area contributed by atoms with Gasteiger partial charge in [0.1, 0.15) is 11.6 Å². The van der Waals surface area contributed by atoms with Gasteiger partial charge in [-0.3, -0.25) is 4.79 Å². The Labute approximate surface area is 193 Å². The highest BCUT2D eigenvalue weighted by Crippen LogP contribution is 2.16. The zero-order valence-electron chi connectivity index (χ0n) is 19.1. The SMILES string of the molecule is CCCCNC(=O)c1ccc(Cn2cccc2CN(CCC)C(=O)Nc2ccccc2F)o1. The first-order valence-corrected chi connectivity index (χ1v) is 11.3. The summed E-state index contributed by atoms with van der Waals surface area (Å²) in [5.41, 5.74) is 1.05. The number of carbonyl (C=O) groups is 2. The molecule has 2 heterocycles. The third-order valence-corrected chi connectivity index (χ3v) is 5.20. The molecule has 33 heavy (non-hydrogen) atoms. The zero-order valence-corrected chi connectivity index (χ0v) is 19.1. The highest BCUT2D eigenvalue weighted by Gasteiger charge is 2.17. The molecule has 0 fully saturated rings. The molecule has 8 heteroatoms. The van der Waals surface area contributed by atoms with Crippen molar-refractivity contribution in [1.82, 2.24) is 14.8 Å². The molecule has 0 saturated heterocycles. The van der Waals surface area contributed by atoms with E-state index in [1.807, 2.05) is 29.8 Å². The lowest BCUT2D eigenvalue weighted by Crippen LogP contribution is -2.36. The van der Waals surface area contributed by atoms with Crippen molar-refractivity contribution in [1.29, 1.82) is 0 Å². The Morgan fingerprint density at radius 1 is 1.06 bits per heavy atom. The molecule has 1 aromatic carbocycles. The average molecular weight is 455 g/mol. The van der Waals surface area contributed by atoms with Gasteiger partial charge in [0.05, 0.1) is 18.8 Å². The second-order valence-corrected chi connectivity index (χ2v) is 7.83. The van der Waals surface area contributed by atoms with Crippen LogP contribution in [0, 0.1) is 5.82 Å². The number of amides is 3. The number of anilines is 1. The maximum Gasteiger partial charge on any atom is 0.322 e. The van der Waals surface area contributed by atoms with Gasteiger partial charge in [-0.2, -0.15) is 0 Å². The van der Waals surface area contributed by atoms with Crippen LogP contribution in [0.3, 0.4) is 0 Å². The summed E-state index contributed by atoms with van der Waals surface area (Å²) in [5, 5.41) is 5.50. The van der Waals surface area contributed by atoms with Crippen LogP contribution in [0.2, 0.25) is 0 Å². The summed E-state index contributed by atoms with van der Waals surface area (Å²) in [6.45, 7) is 5.98. The molecular formula is C25H31FN4O3. The molecular weight excluding hydrogens is 423 g/mol. The van der Waals surface area contributed by atoms with Crippen molar-refractivity contribution in [2.75, 3.05) is 18.4 Å². The second kappa shape index (κ2) is 11.9. The van der Waals surface area contributed by atoms with Crippen LogP contribution in [0.4, 0.5) is 14.9 Å². The molecule has 176 valence electrons. The van der Waals surface area contributed by atoms with Gasteiger partial charge in [0.2, 0.25) is 0 Å². The number of nitrogens with zero attached hydrogens (tertiary/aromatic N) is 2. The molecule has 0 radical (unpaired) electrons. The van der Waals surface area contributed by atoms with Crippen molar-refractivity contribution in [3.8, 4) is 0 Å². The minimum atomic E-state index is -0.474. The number of hydrogen-bond donors (Lipinski definition) is 2. The van der Waals surface area contributed by atoms with E-state index in [9.17, 15) is 14.0 Å². The van der Waals surface area contributed by atoms with E-state index in [-0.39, 0.29) is 23.4 Å². The fourth-order valence-corrected chi connectivity index (χ4v) is 3.44. The van der Waals surface area contributed by atoms with Gasteiger partial charge in [-0.25, -0.2) is 9.18 Å². The van der Waals surface area contributed by atoms with Crippen molar-refractivity contribution >= 4 is 17.6 Å². The summed E-state index contributed by atoms with van der Waals surface area (Å²) in [5.74, 6) is 0.233. The maximum absolute atomic E-state index is 14.0. The fourth-order valence-electron chi connectivity index (χ4n) is 3.44. The van der Waals surface area contributed by atoms with Crippen LogP contribution in [0.5, 0.6) is 0 Å². The normalized spacial score (nSPS) is 10.8. The van der Waals surface area contributed by atoms with Gasteiger partial charge < -0.3 is 24.5 Å². The number of nitrogens with one attached hydrogen (secondary N) is 2. The predicted molar refractivity (Wildman–Crippen MR) is 126 cm³/mol. The Morgan fingerprint density at radius 3 is 2.64 bits per heavy atom. The standard InChI is InChI=1S/C25H31FN4O3/c1-3-5-14-27-24(31)23-13-12-20(33-23)18-29-16-8-9-19(29)17-30(15-4-2)25(32)28-22-11-7-6-10-21(22)26/h6-13,16H,3-5,14-15,17-18H2,1-2H3,(H,27,31)(H,28,32). The van der Waals surface area contributed by atoms with Gasteiger partial charge in [0.15, 0.2) is 5.76 Å². The van der Waals surface area contributed by atoms with E-state index in [0.717, 1.165) is 25.0 Å². The lowest BCUT2D eigenvalue weighted by Gasteiger charge is -2.23. The van der Waals surface area contributed by atoms with Gasteiger partial charge in [-0.05, 0) is 49.2 Å². The summed E-state index contributed by atoms with van der Waals surface area (Å²) < 4.78 is 21.7. The van der Waals surface area contributed by atoms with Gasteiger partial charge in [0.25, 0.3) is 5.91 Å². The summed E-state index contributed by atoms with van der Waals surface area (Å²) in [4.78, 5) is 26.6. The van der Waals surface area contributed by atoms with E-state index in [1.54, 1.807) is 29.2 Å². The lowest BCUT2D eigenvalue weighted by molar-refractivity contribution is 0.0923.